The van der Waals surface area contributed by atoms with Gasteiger partial charge < -0.3 is 19.7 Å². The van der Waals surface area contributed by atoms with Crippen LogP contribution in [0.5, 0.6) is 0 Å². The molecule has 1 aliphatic heterocycles. The molecule has 0 saturated carbocycles. The molecule has 0 spiro atoms. The van der Waals surface area contributed by atoms with Gasteiger partial charge in [-0.1, -0.05) is 18.1 Å². The number of anilines is 2. The average molecular weight is 622 g/mol. The first kappa shape index (κ1) is 35.6. The highest BCUT2D eigenvalue weighted by atomic mass is 16.6. The molecule has 0 aromatic heterocycles. The number of likely N-dealkylation sites (N-methyl/N-ethyl adjacent to an activating group) is 1. The van der Waals surface area contributed by atoms with Crippen molar-refractivity contribution in [2.24, 2.45) is 0 Å². The van der Waals surface area contributed by atoms with E-state index in [1.807, 2.05) is 52.9 Å². The lowest BCUT2D eigenvalue weighted by molar-refractivity contribution is -0.155. The van der Waals surface area contributed by atoms with Crippen molar-refractivity contribution in [2.45, 2.75) is 104 Å². The zero-order chi connectivity index (χ0) is 33.5. The van der Waals surface area contributed by atoms with Crippen molar-refractivity contribution < 1.29 is 23.9 Å². The molecule has 10 heteroatoms. The van der Waals surface area contributed by atoms with Crippen molar-refractivity contribution in [1.29, 1.82) is 5.41 Å². The number of esters is 1. The van der Waals surface area contributed by atoms with E-state index in [0.29, 0.717) is 42.4 Å². The number of likely N-dealkylation sites (tertiary alicyclic amines) is 1. The third-order valence-electron chi connectivity index (χ3n) is 7.54. The molecule has 3 N–H and O–H groups in total. The fourth-order valence-corrected chi connectivity index (χ4v) is 5.53. The van der Waals surface area contributed by atoms with Crippen molar-refractivity contribution in [2.75, 3.05) is 30.4 Å². The first-order valence-electron chi connectivity index (χ1n) is 15.7. The Labute approximate surface area is 268 Å². The molecule has 2 aromatic carbocycles. The second-order valence-corrected chi connectivity index (χ2v) is 13.9. The maximum Gasteiger partial charge on any atom is 0.413 e. The van der Waals surface area contributed by atoms with Crippen LogP contribution < -0.4 is 15.5 Å². The minimum Gasteiger partial charge on any atom is -0.460 e. The molecule has 0 radical (unpaired) electrons. The summed E-state index contributed by atoms with van der Waals surface area (Å²) in [6.07, 6.45) is 2.86. The fraction of sp³-hybridized carbons (Fsp3) is 0.543. The summed E-state index contributed by atoms with van der Waals surface area (Å²) in [7, 11) is 2.00. The Hall–Kier alpha value is -3.92. The molecule has 2 unspecified atom stereocenters. The highest BCUT2D eigenvalue weighted by Gasteiger charge is 2.30. The van der Waals surface area contributed by atoms with Crippen molar-refractivity contribution in [3.8, 4) is 0 Å². The summed E-state index contributed by atoms with van der Waals surface area (Å²) in [4.78, 5) is 42.6. The number of carbonyl (C=O) groups excluding carboxylic acids is 3. The van der Waals surface area contributed by atoms with Gasteiger partial charge in [0, 0.05) is 49.2 Å². The number of piperidine rings is 1. The Kier molecular flexibility index (Phi) is 11.8. The minimum atomic E-state index is -0.699. The molecule has 0 bridgehead atoms. The van der Waals surface area contributed by atoms with E-state index >= 15 is 0 Å². The van der Waals surface area contributed by atoms with E-state index in [1.54, 1.807) is 45.0 Å². The van der Waals surface area contributed by atoms with Crippen LogP contribution in [0.2, 0.25) is 0 Å². The fourth-order valence-electron chi connectivity index (χ4n) is 5.53. The van der Waals surface area contributed by atoms with Crippen LogP contribution in [0, 0.1) is 12.3 Å². The van der Waals surface area contributed by atoms with Gasteiger partial charge in [-0.3, -0.25) is 25.2 Å². The molecule has 246 valence electrons. The van der Waals surface area contributed by atoms with Gasteiger partial charge in [0.15, 0.2) is 0 Å². The second kappa shape index (κ2) is 14.9. The lowest BCUT2D eigenvalue weighted by Crippen LogP contribution is -2.51. The lowest BCUT2D eigenvalue weighted by Gasteiger charge is -2.42. The second-order valence-electron chi connectivity index (χ2n) is 13.9. The number of amides is 2. The third-order valence-corrected chi connectivity index (χ3v) is 7.54. The summed E-state index contributed by atoms with van der Waals surface area (Å²) in [6, 6.07) is 13.2. The van der Waals surface area contributed by atoms with Gasteiger partial charge in [0.2, 0.25) is 0 Å². The van der Waals surface area contributed by atoms with Crippen LogP contribution >= 0.6 is 0 Å². The van der Waals surface area contributed by atoms with Crippen LogP contribution in [0.4, 0.5) is 16.2 Å². The van der Waals surface area contributed by atoms with Crippen molar-refractivity contribution >= 4 is 35.2 Å². The standard InChI is InChI=1S/C35H51N5O5/c1-23-13-18-29(39(9)22-27-12-10-11-24(2)40(27)20-19-30(41)44-34(3,4)5)28(21-23)32(42)37-26-16-14-25(15-17-26)31(36)38-33(43)45-35(6,7)8/h13-18,21,24,27H,10-12,19-20,22H2,1-9H3,(H,37,42)(H2,36,38,43). The highest BCUT2D eigenvalue weighted by Crippen LogP contribution is 2.28. The van der Waals surface area contributed by atoms with Gasteiger partial charge in [-0.15, -0.1) is 0 Å². The van der Waals surface area contributed by atoms with E-state index in [4.69, 9.17) is 14.9 Å². The lowest BCUT2D eigenvalue weighted by atomic mass is 9.95. The number of aryl methyl sites for hydroxylation is 1. The number of ether oxygens (including phenoxy) is 2. The van der Waals surface area contributed by atoms with Gasteiger partial charge in [0.1, 0.15) is 17.0 Å². The summed E-state index contributed by atoms with van der Waals surface area (Å²) in [5, 5.41) is 13.6. The molecule has 0 aliphatic carbocycles. The van der Waals surface area contributed by atoms with Gasteiger partial charge >= 0.3 is 12.1 Å². The molecule has 2 atom stereocenters. The predicted octanol–water partition coefficient (Wildman–Crippen LogP) is 6.51. The van der Waals surface area contributed by atoms with Crippen LogP contribution in [0.25, 0.3) is 0 Å². The molecule has 1 saturated heterocycles. The normalized spacial score (nSPS) is 17.3. The number of nitrogens with zero attached hydrogens (tertiary/aromatic N) is 2. The van der Waals surface area contributed by atoms with Crippen LogP contribution in [-0.2, 0) is 14.3 Å². The molecule has 2 aromatic rings. The maximum absolute atomic E-state index is 13.6. The number of rotatable bonds is 9. The summed E-state index contributed by atoms with van der Waals surface area (Å²) in [5.41, 5.74) is 2.23. The van der Waals surface area contributed by atoms with Gasteiger partial charge in [-0.2, -0.15) is 0 Å². The molecular formula is C35H51N5O5. The zero-order valence-electron chi connectivity index (χ0n) is 28.4. The molecule has 1 heterocycles. The summed E-state index contributed by atoms with van der Waals surface area (Å²) < 4.78 is 10.8. The highest BCUT2D eigenvalue weighted by molar-refractivity contribution is 6.09. The van der Waals surface area contributed by atoms with Gasteiger partial charge in [-0.25, -0.2) is 4.79 Å². The van der Waals surface area contributed by atoms with Gasteiger partial charge in [-0.05, 0) is 105 Å². The predicted molar refractivity (Wildman–Crippen MR) is 179 cm³/mol. The minimum absolute atomic E-state index is 0.0955. The van der Waals surface area contributed by atoms with Crippen LogP contribution in [0.15, 0.2) is 42.5 Å². The first-order valence-corrected chi connectivity index (χ1v) is 15.7. The summed E-state index contributed by atoms with van der Waals surface area (Å²) >= 11 is 0. The first-order chi connectivity index (χ1) is 20.9. The monoisotopic (exact) mass is 621 g/mol. The van der Waals surface area contributed by atoms with Crippen LogP contribution in [0.3, 0.4) is 0 Å². The van der Waals surface area contributed by atoms with Crippen molar-refractivity contribution in [3.63, 3.8) is 0 Å². The molecular weight excluding hydrogens is 570 g/mol. The zero-order valence-corrected chi connectivity index (χ0v) is 28.4. The molecule has 3 rings (SSSR count). The topological polar surface area (TPSA) is 124 Å². The number of amidine groups is 1. The number of hydrogen-bond donors (Lipinski definition) is 3. The van der Waals surface area contributed by atoms with E-state index in [1.165, 1.54) is 0 Å². The Morgan fingerprint density at radius 2 is 1.62 bits per heavy atom. The molecule has 2 amide bonds. The number of hydrogen-bond acceptors (Lipinski definition) is 8. The van der Waals surface area contributed by atoms with Crippen LogP contribution in [0.1, 0.15) is 95.6 Å². The number of benzene rings is 2. The smallest absolute Gasteiger partial charge is 0.413 e. The molecule has 10 nitrogen and oxygen atoms in total. The Balaban J connectivity index is 1.69. The molecule has 1 aliphatic rings. The number of carbonyl (C=O) groups is 3. The Bertz CT molecular complexity index is 1360. The Morgan fingerprint density at radius 3 is 2.24 bits per heavy atom. The largest absolute Gasteiger partial charge is 0.460 e. The average Bonchev–Trinajstić information content (AvgIpc) is 2.91. The van der Waals surface area contributed by atoms with E-state index in [0.717, 1.165) is 30.5 Å². The van der Waals surface area contributed by atoms with E-state index < -0.39 is 17.3 Å². The van der Waals surface area contributed by atoms with Crippen LogP contribution in [-0.4, -0.2) is 72.1 Å². The van der Waals surface area contributed by atoms with E-state index in [9.17, 15) is 14.4 Å². The molecule has 1 fully saturated rings. The number of nitrogens with one attached hydrogen (secondary N) is 3. The molecule has 45 heavy (non-hydrogen) atoms. The van der Waals surface area contributed by atoms with E-state index in [2.05, 4.69) is 27.4 Å². The van der Waals surface area contributed by atoms with E-state index in [-0.39, 0.29) is 23.8 Å². The maximum atomic E-state index is 13.6. The number of alkyl carbamates (subject to hydrolysis) is 1. The quantitative estimate of drug-likeness (QED) is 0.166. The summed E-state index contributed by atoms with van der Waals surface area (Å²) in [6.45, 7) is 16.4. The summed E-state index contributed by atoms with van der Waals surface area (Å²) in [5.74, 6) is -0.523. The SMILES string of the molecule is Cc1ccc(N(C)CC2CCCC(C)N2CCC(=O)OC(C)(C)C)c(C(=O)Nc2ccc(C(=N)NC(=O)OC(C)(C)C)cc2)c1. The Morgan fingerprint density at radius 1 is 0.978 bits per heavy atom. The van der Waals surface area contributed by atoms with Gasteiger partial charge in [0.05, 0.1) is 12.0 Å². The van der Waals surface area contributed by atoms with Gasteiger partial charge in [0.25, 0.3) is 5.91 Å². The third kappa shape index (κ3) is 11.2. The van der Waals surface area contributed by atoms with Crippen molar-refractivity contribution in [3.05, 3.63) is 59.2 Å². The van der Waals surface area contributed by atoms with Crippen molar-refractivity contribution in [1.82, 2.24) is 10.2 Å².